The quantitative estimate of drug-likeness (QED) is 0.697. The molecule has 2 rings (SSSR count). The molecule has 0 N–H and O–H groups in total. The van der Waals surface area contributed by atoms with Crippen LogP contribution in [0.3, 0.4) is 0 Å². The van der Waals surface area contributed by atoms with E-state index in [4.69, 9.17) is 5.26 Å². The van der Waals surface area contributed by atoms with E-state index >= 15 is 0 Å². The van der Waals surface area contributed by atoms with E-state index in [2.05, 4.69) is 6.07 Å². The first-order chi connectivity index (χ1) is 6.83. The Bertz CT molecular complexity index is 411. The molecule has 14 heavy (non-hydrogen) atoms. The molecule has 0 aliphatic carbocycles. The van der Waals surface area contributed by atoms with Gasteiger partial charge in [-0.25, -0.2) is 0 Å². The summed E-state index contributed by atoms with van der Waals surface area (Å²) in [6, 6.07) is 9.27. The van der Waals surface area contributed by atoms with Crippen molar-refractivity contribution in [1.29, 1.82) is 5.26 Å². The van der Waals surface area contributed by atoms with Crippen molar-refractivity contribution in [2.45, 2.75) is 0 Å². The molecular formula is C10H8N2OS. The number of carbonyl (C=O) groups is 1. The predicted octanol–water partition coefficient (Wildman–Crippen LogP) is 1.60. The third kappa shape index (κ3) is 1.47. The van der Waals surface area contributed by atoms with Crippen molar-refractivity contribution in [2.24, 2.45) is 0 Å². The van der Waals surface area contributed by atoms with E-state index in [1.165, 1.54) is 0 Å². The van der Waals surface area contributed by atoms with Crippen molar-refractivity contribution < 1.29 is 4.79 Å². The number of amides is 1. The molecule has 4 heteroatoms. The molecule has 0 atom stereocenters. The molecule has 0 radical (unpaired) electrons. The van der Waals surface area contributed by atoms with Crippen LogP contribution in [0, 0.1) is 11.3 Å². The highest BCUT2D eigenvalue weighted by atomic mass is 32.2. The minimum Gasteiger partial charge on any atom is -0.301 e. The topological polar surface area (TPSA) is 44.1 Å². The van der Waals surface area contributed by atoms with E-state index in [0.717, 1.165) is 5.69 Å². The number of hydrogen-bond acceptors (Lipinski definition) is 3. The standard InChI is InChI=1S/C10H8N2OS/c11-5-8-3-1-2-4-9(8)12-7-14-6-10(12)13/h1-4H,6-7H2. The first-order valence-corrected chi connectivity index (χ1v) is 5.35. The molecule has 3 nitrogen and oxygen atoms in total. The van der Waals surface area contributed by atoms with Crippen LogP contribution < -0.4 is 4.90 Å². The molecule has 0 aromatic heterocycles. The van der Waals surface area contributed by atoms with E-state index in [-0.39, 0.29) is 5.91 Å². The highest BCUT2D eigenvalue weighted by Crippen LogP contribution is 2.26. The maximum Gasteiger partial charge on any atom is 0.237 e. The molecular weight excluding hydrogens is 196 g/mol. The summed E-state index contributed by atoms with van der Waals surface area (Å²) in [7, 11) is 0. The van der Waals surface area contributed by atoms with E-state index in [9.17, 15) is 4.79 Å². The van der Waals surface area contributed by atoms with Gasteiger partial charge >= 0.3 is 0 Å². The molecule has 1 aliphatic rings. The van der Waals surface area contributed by atoms with Crippen LogP contribution in [-0.2, 0) is 4.79 Å². The molecule has 1 saturated heterocycles. The Kier molecular flexibility index (Phi) is 2.42. The highest BCUT2D eigenvalue weighted by Gasteiger charge is 2.23. The van der Waals surface area contributed by atoms with Crippen molar-refractivity contribution >= 4 is 23.4 Å². The monoisotopic (exact) mass is 204 g/mol. The highest BCUT2D eigenvalue weighted by molar-refractivity contribution is 8.00. The molecule has 0 saturated carbocycles. The second kappa shape index (κ2) is 3.72. The largest absolute Gasteiger partial charge is 0.301 e. The maximum atomic E-state index is 11.4. The van der Waals surface area contributed by atoms with E-state index in [1.807, 2.05) is 12.1 Å². The van der Waals surface area contributed by atoms with Gasteiger partial charge < -0.3 is 4.90 Å². The lowest BCUT2D eigenvalue weighted by Crippen LogP contribution is -2.25. The summed E-state index contributed by atoms with van der Waals surface area (Å²) in [4.78, 5) is 13.1. The van der Waals surface area contributed by atoms with Crippen LogP contribution in [0.5, 0.6) is 0 Å². The average molecular weight is 204 g/mol. The lowest BCUT2D eigenvalue weighted by molar-refractivity contribution is -0.115. The van der Waals surface area contributed by atoms with E-state index in [0.29, 0.717) is 17.2 Å². The van der Waals surface area contributed by atoms with Crippen LogP contribution >= 0.6 is 11.8 Å². The summed E-state index contributed by atoms with van der Waals surface area (Å²) in [6.45, 7) is 0. The fourth-order valence-corrected chi connectivity index (χ4v) is 2.27. The molecule has 1 heterocycles. The molecule has 1 aliphatic heterocycles. The smallest absolute Gasteiger partial charge is 0.237 e. The van der Waals surface area contributed by atoms with E-state index < -0.39 is 0 Å². The van der Waals surface area contributed by atoms with Gasteiger partial charge in [0, 0.05) is 0 Å². The number of hydrogen-bond donors (Lipinski definition) is 0. The number of nitriles is 1. The zero-order valence-corrected chi connectivity index (χ0v) is 8.25. The lowest BCUT2D eigenvalue weighted by Gasteiger charge is -2.15. The fraction of sp³-hybridized carbons (Fsp3) is 0.200. The number of nitrogens with zero attached hydrogens (tertiary/aromatic N) is 2. The summed E-state index contributed by atoms with van der Waals surface area (Å²) in [5, 5.41) is 8.87. The van der Waals surface area contributed by atoms with Crippen LogP contribution in [0.1, 0.15) is 5.56 Å². The first-order valence-electron chi connectivity index (χ1n) is 4.20. The Morgan fingerprint density at radius 1 is 1.43 bits per heavy atom. The van der Waals surface area contributed by atoms with Gasteiger partial charge in [0.15, 0.2) is 0 Å². The number of anilines is 1. The summed E-state index contributed by atoms with van der Waals surface area (Å²) in [6.07, 6.45) is 0. The Morgan fingerprint density at radius 3 is 2.86 bits per heavy atom. The normalized spacial score (nSPS) is 15.6. The number of carbonyl (C=O) groups excluding carboxylic acids is 1. The Morgan fingerprint density at radius 2 is 2.21 bits per heavy atom. The van der Waals surface area contributed by atoms with Gasteiger partial charge in [-0.2, -0.15) is 5.26 Å². The lowest BCUT2D eigenvalue weighted by atomic mass is 10.2. The van der Waals surface area contributed by atoms with Gasteiger partial charge in [-0.05, 0) is 12.1 Å². The Labute approximate surface area is 86.3 Å². The zero-order chi connectivity index (χ0) is 9.97. The zero-order valence-electron chi connectivity index (χ0n) is 7.43. The summed E-state index contributed by atoms with van der Waals surface area (Å²) >= 11 is 1.57. The summed E-state index contributed by atoms with van der Waals surface area (Å²) < 4.78 is 0. The molecule has 0 unspecified atom stereocenters. The molecule has 0 spiro atoms. The molecule has 1 amide bonds. The van der Waals surface area contributed by atoms with E-state index in [1.54, 1.807) is 28.8 Å². The third-order valence-electron chi connectivity index (χ3n) is 2.06. The van der Waals surface area contributed by atoms with Gasteiger partial charge in [0.2, 0.25) is 5.91 Å². The minimum absolute atomic E-state index is 0.0812. The molecule has 1 fully saturated rings. The summed E-state index contributed by atoms with van der Waals surface area (Å²) in [5.41, 5.74) is 1.29. The van der Waals surface area contributed by atoms with Crippen molar-refractivity contribution in [3.8, 4) is 6.07 Å². The van der Waals surface area contributed by atoms with Crippen molar-refractivity contribution in [2.75, 3.05) is 16.5 Å². The third-order valence-corrected chi connectivity index (χ3v) is 2.95. The van der Waals surface area contributed by atoms with Crippen LogP contribution in [0.15, 0.2) is 24.3 Å². The van der Waals surface area contributed by atoms with Crippen LogP contribution in [0.2, 0.25) is 0 Å². The number of para-hydroxylation sites is 1. The van der Waals surface area contributed by atoms with Gasteiger partial charge in [0.1, 0.15) is 6.07 Å². The van der Waals surface area contributed by atoms with Gasteiger partial charge in [0.25, 0.3) is 0 Å². The number of rotatable bonds is 1. The molecule has 0 bridgehead atoms. The molecule has 1 aromatic rings. The minimum atomic E-state index is 0.0812. The number of thioether (sulfide) groups is 1. The first kappa shape index (κ1) is 9.10. The van der Waals surface area contributed by atoms with Crippen LogP contribution in [0.4, 0.5) is 5.69 Å². The van der Waals surface area contributed by atoms with Gasteiger partial charge in [-0.3, -0.25) is 4.79 Å². The molecule has 1 aromatic carbocycles. The van der Waals surface area contributed by atoms with Crippen LogP contribution in [0.25, 0.3) is 0 Å². The Hall–Kier alpha value is -1.47. The van der Waals surface area contributed by atoms with Gasteiger partial charge in [0.05, 0.1) is 22.9 Å². The SMILES string of the molecule is N#Cc1ccccc1N1CSCC1=O. The number of benzene rings is 1. The second-order valence-electron chi connectivity index (χ2n) is 2.93. The maximum absolute atomic E-state index is 11.4. The van der Waals surface area contributed by atoms with Gasteiger partial charge in [-0.15, -0.1) is 11.8 Å². The van der Waals surface area contributed by atoms with Crippen LogP contribution in [-0.4, -0.2) is 17.5 Å². The molecule has 70 valence electrons. The fourth-order valence-electron chi connectivity index (χ4n) is 1.38. The van der Waals surface area contributed by atoms with Crippen molar-refractivity contribution in [3.05, 3.63) is 29.8 Å². The second-order valence-corrected chi connectivity index (χ2v) is 3.88. The van der Waals surface area contributed by atoms with Gasteiger partial charge in [-0.1, -0.05) is 12.1 Å². The van der Waals surface area contributed by atoms with Crippen molar-refractivity contribution in [1.82, 2.24) is 0 Å². The Balaban J connectivity index is 2.41. The summed E-state index contributed by atoms with van der Waals surface area (Å²) in [5.74, 6) is 1.25. The average Bonchev–Trinajstić information content (AvgIpc) is 2.64. The predicted molar refractivity (Wildman–Crippen MR) is 56.0 cm³/mol. The van der Waals surface area contributed by atoms with Crippen molar-refractivity contribution in [3.63, 3.8) is 0 Å².